The van der Waals surface area contributed by atoms with Crippen molar-refractivity contribution in [3.05, 3.63) is 42.4 Å². The Bertz CT molecular complexity index is 1360. The largest absolute Gasteiger partial charge is 0.400 e. The van der Waals surface area contributed by atoms with Gasteiger partial charge in [-0.1, -0.05) is 12.8 Å². The first kappa shape index (κ1) is 23.3. The van der Waals surface area contributed by atoms with Gasteiger partial charge in [-0.15, -0.1) is 0 Å². The number of hydrogen-bond donors (Lipinski definition) is 4. The molecule has 4 aromatic rings. The van der Waals surface area contributed by atoms with Crippen LogP contribution in [0.15, 0.2) is 36.8 Å². The van der Waals surface area contributed by atoms with Gasteiger partial charge in [-0.3, -0.25) is 4.79 Å². The van der Waals surface area contributed by atoms with E-state index in [-0.39, 0.29) is 11.9 Å². The standard InChI is InChI=1S/C24H27N7O2.CH4O/c1-25-21-11-19(17-13-30(14-5-2-3-6-14)22-15(17)7-4-10-26-22)28-23-16(12-27-31(21)23)24(33)29-18-8-9-20(18)32;1-2/h4,7,10-14,18,20,25,32H,2-3,5-6,8-9H2,1H3,(H,29,33);2H,1H3. The number of rotatable bonds is 5. The number of nitrogens with one attached hydrogen (secondary N) is 2. The van der Waals surface area contributed by atoms with Crippen LogP contribution < -0.4 is 10.6 Å². The Kier molecular flexibility index (Phi) is 6.40. The molecule has 4 N–H and O–H groups in total. The lowest BCUT2D eigenvalue weighted by Gasteiger charge is -2.32. The van der Waals surface area contributed by atoms with Crippen molar-refractivity contribution in [1.29, 1.82) is 0 Å². The smallest absolute Gasteiger partial charge is 0.257 e. The number of pyridine rings is 1. The second-order valence-electron chi connectivity index (χ2n) is 9.06. The van der Waals surface area contributed by atoms with Crippen molar-refractivity contribution in [2.45, 2.75) is 56.7 Å². The monoisotopic (exact) mass is 477 g/mol. The fourth-order valence-electron chi connectivity index (χ4n) is 5.08. The molecule has 1 amide bonds. The molecule has 0 bridgehead atoms. The highest BCUT2D eigenvalue weighted by atomic mass is 16.3. The van der Waals surface area contributed by atoms with Crippen molar-refractivity contribution >= 4 is 28.4 Å². The van der Waals surface area contributed by atoms with E-state index in [0.29, 0.717) is 23.7 Å². The molecule has 0 aromatic carbocycles. The SMILES string of the molecule is CNc1cc(-c2cn(C3CCCC3)c3ncccc23)nc2c(C(=O)NC3CCC3O)cnn12.CO. The highest BCUT2D eigenvalue weighted by Crippen LogP contribution is 2.37. The quantitative estimate of drug-likeness (QED) is 0.348. The van der Waals surface area contributed by atoms with Gasteiger partial charge in [0.15, 0.2) is 5.65 Å². The summed E-state index contributed by atoms with van der Waals surface area (Å²) in [6.07, 6.45) is 11.3. The number of hydrogen-bond acceptors (Lipinski definition) is 7. The zero-order valence-corrected chi connectivity index (χ0v) is 20.0. The van der Waals surface area contributed by atoms with Gasteiger partial charge in [0.05, 0.1) is 24.0 Å². The number of carbonyl (C=O) groups excluding carboxylic acids is 1. The molecule has 0 radical (unpaired) electrons. The lowest BCUT2D eigenvalue weighted by Crippen LogP contribution is -2.50. The van der Waals surface area contributed by atoms with E-state index in [0.717, 1.165) is 54.5 Å². The van der Waals surface area contributed by atoms with E-state index in [4.69, 9.17) is 10.1 Å². The third-order valence-electron chi connectivity index (χ3n) is 7.11. The first-order valence-corrected chi connectivity index (χ1v) is 12.1. The molecule has 2 unspecified atom stereocenters. The molecule has 2 aliphatic carbocycles. The molecule has 2 aliphatic rings. The van der Waals surface area contributed by atoms with Crippen LogP contribution in [0.3, 0.4) is 0 Å². The Morgan fingerprint density at radius 1 is 1.14 bits per heavy atom. The van der Waals surface area contributed by atoms with Gasteiger partial charge >= 0.3 is 0 Å². The molecule has 35 heavy (non-hydrogen) atoms. The minimum atomic E-state index is -0.485. The van der Waals surface area contributed by atoms with Crippen LogP contribution in [0.2, 0.25) is 0 Å². The van der Waals surface area contributed by atoms with Gasteiger partial charge < -0.3 is 25.4 Å². The summed E-state index contributed by atoms with van der Waals surface area (Å²) < 4.78 is 3.94. The van der Waals surface area contributed by atoms with Crippen molar-refractivity contribution in [2.75, 3.05) is 19.5 Å². The zero-order valence-electron chi connectivity index (χ0n) is 20.0. The molecular weight excluding hydrogens is 446 g/mol. The van der Waals surface area contributed by atoms with E-state index in [9.17, 15) is 9.90 Å². The highest BCUT2D eigenvalue weighted by molar-refractivity contribution is 6.01. The molecule has 2 saturated carbocycles. The fraction of sp³-hybridized carbons (Fsp3) is 0.440. The van der Waals surface area contributed by atoms with E-state index in [1.165, 1.54) is 19.0 Å². The van der Waals surface area contributed by atoms with Crippen molar-refractivity contribution in [1.82, 2.24) is 29.5 Å². The Morgan fingerprint density at radius 2 is 1.94 bits per heavy atom. The van der Waals surface area contributed by atoms with Crippen molar-refractivity contribution in [3.63, 3.8) is 0 Å². The van der Waals surface area contributed by atoms with Crippen LogP contribution in [-0.4, -0.2) is 66.6 Å². The summed E-state index contributed by atoms with van der Waals surface area (Å²) in [6, 6.07) is 6.22. The van der Waals surface area contributed by atoms with Crippen molar-refractivity contribution in [3.8, 4) is 11.3 Å². The summed E-state index contributed by atoms with van der Waals surface area (Å²) >= 11 is 0. The minimum Gasteiger partial charge on any atom is -0.400 e. The zero-order chi connectivity index (χ0) is 24.5. The number of fused-ring (bicyclic) bond motifs is 2. The van der Waals surface area contributed by atoms with Crippen molar-refractivity contribution in [2.24, 2.45) is 0 Å². The molecule has 10 heteroatoms. The lowest BCUT2D eigenvalue weighted by atomic mass is 9.89. The summed E-state index contributed by atoms with van der Waals surface area (Å²) in [5.74, 6) is 0.471. The van der Waals surface area contributed by atoms with Crippen LogP contribution in [0.1, 0.15) is 54.9 Å². The Hall–Kier alpha value is -3.50. The summed E-state index contributed by atoms with van der Waals surface area (Å²) in [4.78, 5) is 22.5. The fourth-order valence-corrected chi connectivity index (χ4v) is 5.08. The number of amides is 1. The molecule has 0 spiro atoms. The van der Waals surface area contributed by atoms with Crippen LogP contribution in [0, 0.1) is 0 Å². The highest BCUT2D eigenvalue weighted by Gasteiger charge is 2.31. The van der Waals surface area contributed by atoms with Crippen LogP contribution in [0.25, 0.3) is 27.9 Å². The van der Waals surface area contributed by atoms with Gasteiger partial charge in [0.25, 0.3) is 5.91 Å². The number of aliphatic hydroxyl groups excluding tert-OH is 2. The van der Waals surface area contributed by atoms with Gasteiger partial charge in [0, 0.05) is 49.6 Å². The number of aliphatic hydroxyl groups is 2. The molecule has 10 nitrogen and oxygen atoms in total. The Balaban J connectivity index is 0.00000124. The molecule has 4 aromatic heterocycles. The molecular formula is C25H31N7O3. The number of anilines is 1. The van der Waals surface area contributed by atoms with Crippen LogP contribution in [0.4, 0.5) is 5.82 Å². The number of carbonyl (C=O) groups is 1. The second kappa shape index (κ2) is 9.63. The Morgan fingerprint density at radius 3 is 2.63 bits per heavy atom. The first-order valence-electron chi connectivity index (χ1n) is 12.1. The van der Waals surface area contributed by atoms with E-state index < -0.39 is 6.10 Å². The molecule has 2 fully saturated rings. The predicted octanol–water partition coefficient (Wildman–Crippen LogP) is 2.76. The topological polar surface area (TPSA) is 130 Å². The minimum absolute atomic E-state index is 0.213. The summed E-state index contributed by atoms with van der Waals surface area (Å²) in [7, 11) is 2.83. The maximum absolute atomic E-state index is 13.0. The molecule has 6 rings (SSSR count). The lowest BCUT2D eigenvalue weighted by molar-refractivity contribution is 0.0448. The summed E-state index contributed by atoms with van der Waals surface area (Å²) in [5, 5.41) is 28.4. The Labute approximate surface area is 203 Å². The molecule has 184 valence electrons. The van der Waals surface area contributed by atoms with E-state index >= 15 is 0 Å². The second-order valence-corrected chi connectivity index (χ2v) is 9.06. The number of nitrogens with zero attached hydrogens (tertiary/aromatic N) is 5. The normalized spacial score (nSPS) is 19.9. The van der Waals surface area contributed by atoms with Crippen molar-refractivity contribution < 1.29 is 15.0 Å². The first-order chi connectivity index (χ1) is 17.1. The van der Waals surface area contributed by atoms with E-state index in [1.807, 2.05) is 25.4 Å². The summed E-state index contributed by atoms with van der Waals surface area (Å²) in [6.45, 7) is 0. The summed E-state index contributed by atoms with van der Waals surface area (Å²) in [5.41, 5.74) is 3.60. The molecule has 4 heterocycles. The third-order valence-corrected chi connectivity index (χ3v) is 7.11. The van der Waals surface area contributed by atoms with Gasteiger partial charge in [0.1, 0.15) is 17.0 Å². The van der Waals surface area contributed by atoms with Crippen LogP contribution >= 0.6 is 0 Å². The van der Waals surface area contributed by atoms with E-state index in [1.54, 1.807) is 4.52 Å². The number of aromatic nitrogens is 5. The molecule has 0 aliphatic heterocycles. The predicted molar refractivity (Wildman–Crippen MR) is 133 cm³/mol. The van der Waals surface area contributed by atoms with Crippen LogP contribution in [-0.2, 0) is 0 Å². The maximum Gasteiger partial charge on any atom is 0.257 e. The van der Waals surface area contributed by atoms with Gasteiger partial charge in [0.2, 0.25) is 0 Å². The molecule has 0 saturated heterocycles. The van der Waals surface area contributed by atoms with Gasteiger partial charge in [-0.05, 0) is 37.8 Å². The molecule has 2 atom stereocenters. The van der Waals surface area contributed by atoms with E-state index in [2.05, 4.69) is 37.5 Å². The maximum atomic E-state index is 13.0. The average Bonchev–Trinajstić information content (AvgIpc) is 3.65. The van der Waals surface area contributed by atoms with Gasteiger partial charge in [-0.25, -0.2) is 9.97 Å². The van der Waals surface area contributed by atoms with Gasteiger partial charge in [-0.2, -0.15) is 9.61 Å². The average molecular weight is 478 g/mol. The third kappa shape index (κ3) is 4.02. The van der Waals surface area contributed by atoms with Crippen LogP contribution in [0.5, 0.6) is 0 Å².